The van der Waals surface area contributed by atoms with Crippen LogP contribution in [-0.4, -0.2) is 35.9 Å². The zero-order chi connectivity index (χ0) is 13.2. The molecule has 1 saturated heterocycles. The number of hydrogen-bond donors (Lipinski definition) is 2. The minimum Gasteiger partial charge on any atom is -0.469 e. The minimum absolute atomic E-state index is 0.0606. The Morgan fingerprint density at radius 1 is 1.44 bits per heavy atom. The van der Waals surface area contributed by atoms with Gasteiger partial charge in [0.1, 0.15) is 0 Å². The topological polar surface area (TPSA) is 58.6 Å². The Balaban J connectivity index is 2.02. The quantitative estimate of drug-likeness (QED) is 0.752. The van der Waals surface area contributed by atoms with E-state index in [-0.39, 0.29) is 23.7 Å². The highest BCUT2D eigenvalue weighted by molar-refractivity contribution is 5.69. The summed E-state index contributed by atoms with van der Waals surface area (Å²) in [5.41, 5.74) is 0.0606. The van der Waals surface area contributed by atoms with Crippen molar-refractivity contribution >= 4 is 5.97 Å². The van der Waals surface area contributed by atoms with Gasteiger partial charge in [0, 0.05) is 17.5 Å². The second-order valence-electron chi connectivity index (χ2n) is 5.91. The van der Waals surface area contributed by atoms with Gasteiger partial charge in [-0.1, -0.05) is 12.8 Å². The van der Waals surface area contributed by atoms with Crippen LogP contribution in [0.2, 0.25) is 0 Å². The van der Waals surface area contributed by atoms with Crippen molar-refractivity contribution in [1.29, 1.82) is 0 Å². The first-order valence-electron chi connectivity index (χ1n) is 7.10. The lowest BCUT2D eigenvalue weighted by Crippen LogP contribution is -2.58. The highest BCUT2D eigenvalue weighted by Gasteiger charge is 2.47. The van der Waals surface area contributed by atoms with E-state index in [1.807, 2.05) is 6.92 Å². The van der Waals surface area contributed by atoms with Gasteiger partial charge in [0.15, 0.2) is 0 Å². The number of aliphatic hydroxyl groups excluding tert-OH is 1. The van der Waals surface area contributed by atoms with Gasteiger partial charge in [-0.3, -0.25) is 4.79 Å². The molecule has 1 heterocycles. The second-order valence-corrected chi connectivity index (χ2v) is 5.91. The molecule has 0 radical (unpaired) electrons. The molecule has 2 fully saturated rings. The first-order chi connectivity index (χ1) is 8.57. The number of hydrogen-bond acceptors (Lipinski definition) is 4. The molecule has 4 heteroatoms. The fraction of sp³-hybridized carbons (Fsp3) is 0.929. The lowest BCUT2D eigenvalue weighted by molar-refractivity contribution is -0.141. The summed E-state index contributed by atoms with van der Waals surface area (Å²) in [6.45, 7) is 1.89. The van der Waals surface area contributed by atoms with Crippen molar-refractivity contribution in [3.05, 3.63) is 0 Å². The predicted octanol–water partition coefficient (Wildman–Crippen LogP) is 1.61. The number of carbonyl (C=O) groups is 1. The number of piperidine rings is 1. The summed E-state index contributed by atoms with van der Waals surface area (Å²) in [7, 11) is 1.44. The molecule has 4 atom stereocenters. The van der Waals surface area contributed by atoms with Gasteiger partial charge in [0.25, 0.3) is 0 Å². The maximum Gasteiger partial charge on any atom is 0.307 e. The summed E-state index contributed by atoms with van der Waals surface area (Å²) in [5.74, 6) is 0.189. The van der Waals surface area contributed by atoms with Gasteiger partial charge in [-0.2, -0.15) is 0 Å². The van der Waals surface area contributed by atoms with Crippen molar-refractivity contribution in [2.24, 2.45) is 5.92 Å². The number of aliphatic hydroxyl groups is 1. The van der Waals surface area contributed by atoms with Crippen molar-refractivity contribution in [3.63, 3.8) is 0 Å². The summed E-state index contributed by atoms with van der Waals surface area (Å²) < 4.78 is 4.75. The van der Waals surface area contributed by atoms with Gasteiger partial charge in [0.05, 0.1) is 19.6 Å². The number of rotatable bonds is 3. The van der Waals surface area contributed by atoms with Crippen molar-refractivity contribution in [3.8, 4) is 0 Å². The maximum absolute atomic E-state index is 11.4. The van der Waals surface area contributed by atoms with Crippen molar-refractivity contribution < 1.29 is 14.6 Å². The molecule has 1 aliphatic carbocycles. The normalized spacial score (nSPS) is 37.7. The molecular weight excluding hydrogens is 230 g/mol. The van der Waals surface area contributed by atoms with Crippen molar-refractivity contribution in [2.45, 2.75) is 69.6 Å². The standard InChI is InChI=1S/C14H25NO3/c1-10(16)12-6-4-8-14(12)7-3-5-11(15-14)9-13(17)18-2/h10-12,15-16H,3-9H2,1-2H3/t10-,11-,12-,14-/m1/s1. The van der Waals surface area contributed by atoms with E-state index >= 15 is 0 Å². The Morgan fingerprint density at radius 3 is 2.72 bits per heavy atom. The van der Waals surface area contributed by atoms with E-state index in [9.17, 15) is 9.90 Å². The molecule has 0 aromatic rings. The lowest BCUT2D eigenvalue weighted by Gasteiger charge is -2.45. The van der Waals surface area contributed by atoms with Crippen LogP contribution in [0.5, 0.6) is 0 Å². The molecule has 0 bridgehead atoms. The third kappa shape index (κ3) is 2.69. The Kier molecular flexibility index (Phi) is 4.28. The molecule has 0 unspecified atom stereocenters. The third-order valence-corrected chi connectivity index (χ3v) is 4.74. The van der Waals surface area contributed by atoms with Crippen LogP contribution in [0.4, 0.5) is 0 Å². The van der Waals surface area contributed by atoms with Gasteiger partial charge in [-0.25, -0.2) is 0 Å². The van der Waals surface area contributed by atoms with E-state index < -0.39 is 0 Å². The average Bonchev–Trinajstić information content (AvgIpc) is 2.72. The molecule has 2 rings (SSSR count). The molecule has 4 nitrogen and oxygen atoms in total. The Labute approximate surface area is 109 Å². The van der Waals surface area contributed by atoms with E-state index in [2.05, 4.69) is 5.32 Å². The molecule has 18 heavy (non-hydrogen) atoms. The van der Waals surface area contributed by atoms with E-state index in [0.29, 0.717) is 12.3 Å². The number of carbonyl (C=O) groups excluding carboxylic acids is 1. The van der Waals surface area contributed by atoms with E-state index in [1.54, 1.807) is 0 Å². The average molecular weight is 255 g/mol. The summed E-state index contributed by atoms with van der Waals surface area (Å²) in [6.07, 6.45) is 6.87. The van der Waals surface area contributed by atoms with Crippen LogP contribution in [0.15, 0.2) is 0 Å². The van der Waals surface area contributed by atoms with Gasteiger partial charge in [0.2, 0.25) is 0 Å². The second kappa shape index (κ2) is 5.57. The Morgan fingerprint density at radius 2 is 2.11 bits per heavy atom. The molecule has 2 aliphatic rings. The molecule has 1 aliphatic heterocycles. The zero-order valence-electron chi connectivity index (χ0n) is 11.4. The molecule has 2 N–H and O–H groups in total. The van der Waals surface area contributed by atoms with E-state index in [1.165, 1.54) is 13.5 Å². The first-order valence-corrected chi connectivity index (χ1v) is 7.10. The number of methoxy groups -OCH3 is 1. The largest absolute Gasteiger partial charge is 0.469 e. The van der Waals surface area contributed by atoms with Crippen LogP contribution in [0.1, 0.15) is 51.9 Å². The Hall–Kier alpha value is -0.610. The van der Waals surface area contributed by atoms with Crippen LogP contribution in [0.3, 0.4) is 0 Å². The summed E-state index contributed by atoms with van der Waals surface area (Å²) in [5, 5.41) is 13.6. The number of ether oxygens (including phenoxy) is 1. The monoisotopic (exact) mass is 255 g/mol. The minimum atomic E-state index is -0.267. The molecule has 104 valence electrons. The number of esters is 1. The smallest absolute Gasteiger partial charge is 0.307 e. The highest BCUT2D eigenvalue weighted by atomic mass is 16.5. The zero-order valence-corrected chi connectivity index (χ0v) is 11.4. The SMILES string of the molecule is COC(=O)C[C@H]1CCC[C@]2(CCC[C@@H]2[C@@H](C)O)N1. The van der Waals surface area contributed by atoms with E-state index in [0.717, 1.165) is 32.1 Å². The Bertz CT molecular complexity index is 305. The summed E-state index contributed by atoms with van der Waals surface area (Å²) >= 11 is 0. The third-order valence-electron chi connectivity index (χ3n) is 4.74. The van der Waals surface area contributed by atoms with Crippen LogP contribution in [0.25, 0.3) is 0 Å². The van der Waals surface area contributed by atoms with Crippen molar-refractivity contribution in [1.82, 2.24) is 5.32 Å². The molecule has 0 aromatic carbocycles. The molecule has 0 amide bonds. The summed E-state index contributed by atoms with van der Waals surface area (Å²) in [6, 6.07) is 0.213. The first kappa shape index (κ1) is 13.8. The summed E-state index contributed by atoms with van der Waals surface area (Å²) in [4.78, 5) is 11.4. The fourth-order valence-corrected chi connectivity index (χ4v) is 3.94. The fourth-order valence-electron chi connectivity index (χ4n) is 3.94. The van der Waals surface area contributed by atoms with Crippen molar-refractivity contribution in [2.75, 3.05) is 7.11 Å². The van der Waals surface area contributed by atoms with Gasteiger partial charge in [-0.15, -0.1) is 0 Å². The van der Waals surface area contributed by atoms with Gasteiger partial charge >= 0.3 is 5.97 Å². The van der Waals surface area contributed by atoms with Crippen LogP contribution >= 0.6 is 0 Å². The van der Waals surface area contributed by atoms with Gasteiger partial charge in [-0.05, 0) is 32.6 Å². The van der Waals surface area contributed by atoms with Crippen LogP contribution in [0, 0.1) is 5.92 Å². The molecule has 1 saturated carbocycles. The maximum atomic E-state index is 11.4. The van der Waals surface area contributed by atoms with Crippen LogP contribution in [-0.2, 0) is 9.53 Å². The molecule has 0 aromatic heterocycles. The van der Waals surface area contributed by atoms with Gasteiger partial charge < -0.3 is 15.2 Å². The molecule has 1 spiro atoms. The lowest BCUT2D eigenvalue weighted by atomic mass is 9.75. The van der Waals surface area contributed by atoms with E-state index in [4.69, 9.17) is 4.74 Å². The predicted molar refractivity (Wildman–Crippen MR) is 69.2 cm³/mol. The molecular formula is C14H25NO3. The number of nitrogens with one attached hydrogen (secondary N) is 1. The highest BCUT2D eigenvalue weighted by Crippen LogP contribution is 2.44. The van der Waals surface area contributed by atoms with Crippen LogP contribution < -0.4 is 5.32 Å².